The first kappa shape index (κ1) is 13.5. The lowest BCUT2D eigenvalue weighted by Crippen LogP contribution is -2.49. The average Bonchev–Trinajstić information content (AvgIpc) is 2.87. The van der Waals surface area contributed by atoms with Gasteiger partial charge >= 0.3 is 0 Å². The van der Waals surface area contributed by atoms with E-state index in [-0.39, 0.29) is 0 Å². The lowest BCUT2D eigenvalue weighted by molar-refractivity contribution is 0.0665. The van der Waals surface area contributed by atoms with Gasteiger partial charge in [0.25, 0.3) is 0 Å². The molecule has 3 rings (SSSR count). The van der Waals surface area contributed by atoms with Crippen LogP contribution in [-0.4, -0.2) is 39.7 Å². The van der Waals surface area contributed by atoms with E-state index in [2.05, 4.69) is 26.7 Å². The molecule has 0 spiro atoms. The van der Waals surface area contributed by atoms with Gasteiger partial charge in [-0.05, 0) is 56.6 Å². The summed E-state index contributed by atoms with van der Waals surface area (Å²) in [5, 5.41) is 9.75. The number of piperidine rings is 1. The highest BCUT2D eigenvalue weighted by molar-refractivity contribution is 7.03. The minimum absolute atomic E-state index is 0.574. The van der Waals surface area contributed by atoms with Crippen molar-refractivity contribution in [1.29, 1.82) is 0 Å². The van der Waals surface area contributed by atoms with Gasteiger partial charge in [0.2, 0.25) is 0 Å². The Morgan fingerprint density at radius 2 is 2.32 bits per heavy atom. The molecule has 0 aromatic carbocycles. The van der Waals surface area contributed by atoms with E-state index >= 15 is 0 Å². The van der Waals surface area contributed by atoms with E-state index in [0.717, 1.165) is 24.2 Å². The first-order valence-electron chi connectivity index (χ1n) is 7.56. The minimum Gasteiger partial charge on any atom is -0.308 e. The van der Waals surface area contributed by atoms with Gasteiger partial charge in [-0.25, -0.2) is 0 Å². The molecule has 2 fully saturated rings. The summed E-state index contributed by atoms with van der Waals surface area (Å²) >= 11 is 1.43. The van der Waals surface area contributed by atoms with Gasteiger partial charge in [0.1, 0.15) is 0 Å². The van der Waals surface area contributed by atoms with Crippen molar-refractivity contribution in [2.75, 3.05) is 13.1 Å². The van der Waals surface area contributed by atoms with Gasteiger partial charge in [0.05, 0.1) is 5.69 Å². The van der Waals surface area contributed by atoms with Crippen LogP contribution in [0.1, 0.15) is 44.7 Å². The Hall–Kier alpha value is -0.520. The van der Waals surface area contributed by atoms with Crippen LogP contribution in [-0.2, 0) is 6.54 Å². The van der Waals surface area contributed by atoms with Crippen LogP contribution < -0.4 is 5.32 Å². The molecule has 2 aliphatic rings. The van der Waals surface area contributed by atoms with Crippen LogP contribution in [0.2, 0.25) is 0 Å². The zero-order valence-electron chi connectivity index (χ0n) is 11.7. The van der Waals surface area contributed by atoms with Crippen molar-refractivity contribution in [3.63, 3.8) is 0 Å². The second-order valence-corrected chi connectivity index (χ2v) is 6.66. The van der Waals surface area contributed by atoms with Crippen LogP contribution in [0.3, 0.4) is 0 Å². The first-order valence-corrected chi connectivity index (χ1v) is 8.40. The quantitative estimate of drug-likeness (QED) is 0.898. The van der Waals surface area contributed by atoms with E-state index in [9.17, 15) is 0 Å². The van der Waals surface area contributed by atoms with E-state index in [1.807, 2.05) is 5.38 Å². The van der Waals surface area contributed by atoms with Crippen molar-refractivity contribution in [1.82, 2.24) is 19.8 Å². The summed E-state index contributed by atoms with van der Waals surface area (Å²) in [5.41, 5.74) is 1.07. The predicted octanol–water partition coefficient (Wildman–Crippen LogP) is 2.28. The fourth-order valence-corrected chi connectivity index (χ4v) is 3.68. The molecule has 106 valence electrons. The average molecular weight is 280 g/mol. The number of rotatable bonds is 5. The molecule has 0 radical (unpaired) electrons. The van der Waals surface area contributed by atoms with Crippen molar-refractivity contribution in [3.8, 4) is 0 Å². The number of hydrogen-bond acceptors (Lipinski definition) is 5. The van der Waals surface area contributed by atoms with Gasteiger partial charge in [-0.3, -0.25) is 0 Å². The molecule has 1 saturated heterocycles. The van der Waals surface area contributed by atoms with Gasteiger partial charge in [0, 0.05) is 30.6 Å². The molecule has 2 unspecified atom stereocenters. The zero-order chi connectivity index (χ0) is 13.1. The fraction of sp³-hybridized carbons (Fsp3) is 0.857. The van der Waals surface area contributed by atoms with Gasteiger partial charge < -0.3 is 10.2 Å². The van der Waals surface area contributed by atoms with Gasteiger partial charge in [0.15, 0.2) is 0 Å². The minimum atomic E-state index is 0.574. The van der Waals surface area contributed by atoms with Crippen molar-refractivity contribution in [2.45, 2.75) is 57.7 Å². The molecule has 1 saturated carbocycles. The molecular weight excluding hydrogens is 256 g/mol. The molecule has 19 heavy (non-hydrogen) atoms. The fourth-order valence-electron chi connectivity index (χ4n) is 3.23. The summed E-state index contributed by atoms with van der Waals surface area (Å²) in [6.45, 7) is 5.80. The van der Waals surface area contributed by atoms with Crippen LogP contribution in [0, 0.1) is 5.92 Å². The Morgan fingerprint density at radius 1 is 1.42 bits per heavy atom. The van der Waals surface area contributed by atoms with E-state index < -0.39 is 0 Å². The van der Waals surface area contributed by atoms with Crippen LogP contribution in [0.4, 0.5) is 0 Å². The monoisotopic (exact) mass is 280 g/mol. The smallest absolute Gasteiger partial charge is 0.0893 e. The highest BCUT2D eigenvalue weighted by Gasteiger charge is 2.31. The van der Waals surface area contributed by atoms with Gasteiger partial charge in [-0.1, -0.05) is 10.9 Å². The first-order chi connectivity index (χ1) is 9.33. The highest BCUT2D eigenvalue weighted by Crippen LogP contribution is 2.30. The lowest BCUT2D eigenvalue weighted by atomic mass is 9.85. The Balaban J connectivity index is 1.47. The summed E-state index contributed by atoms with van der Waals surface area (Å²) in [7, 11) is 0. The second kappa shape index (κ2) is 6.29. The standard InChI is InChI=1S/C14H24N4S/c1-11(15-8-13-10-19-17-16-13)12-4-3-7-18(9-12)14-5-2-6-14/h10-12,14-15H,2-9H2,1H3. The maximum atomic E-state index is 4.09. The van der Waals surface area contributed by atoms with Crippen molar-refractivity contribution >= 4 is 11.5 Å². The highest BCUT2D eigenvalue weighted by atomic mass is 32.1. The topological polar surface area (TPSA) is 41.1 Å². The van der Waals surface area contributed by atoms with E-state index in [1.54, 1.807) is 0 Å². The van der Waals surface area contributed by atoms with E-state index in [4.69, 9.17) is 0 Å². The normalized spacial score (nSPS) is 27.1. The Kier molecular flexibility index (Phi) is 4.45. The molecule has 5 heteroatoms. The van der Waals surface area contributed by atoms with Crippen molar-refractivity contribution < 1.29 is 0 Å². The number of nitrogens with zero attached hydrogens (tertiary/aromatic N) is 3. The third-order valence-corrected chi connectivity index (χ3v) is 5.35. The predicted molar refractivity (Wildman–Crippen MR) is 78.1 cm³/mol. The SMILES string of the molecule is CC(NCc1csnn1)C1CCCN(C2CCC2)C1. The lowest BCUT2D eigenvalue weighted by Gasteiger charge is -2.44. The molecule has 1 aliphatic carbocycles. The summed E-state index contributed by atoms with van der Waals surface area (Å²) in [4.78, 5) is 2.74. The van der Waals surface area contributed by atoms with Crippen molar-refractivity contribution in [2.24, 2.45) is 5.92 Å². The maximum absolute atomic E-state index is 4.09. The number of likely N-dealkylation sites (tertiary alicyclic amines) is 1. The summed E-state index contributed by atoms with van der Waals surface area (Å²) in [6.07, 6.45) is 7.03. The van der Waals surface area contributed by atoms with Gasteiger partial charge in [-0.15, -0.1) is 5.10 Å². The van der Waals surface area contributed by atoms with E-state index in [1.165, 1.54) is 56.7 Å². The summed E-state index contributed by atoms with van der Waals surface area (Å²) < 4.78 is 3.91. The van der Waals surface area contributed by atoms with Crippen LogP contribution >= 0.6 is 11.5 Å². The Labute approximate surface area is 119 Å². The Bertz CT molecular complexity index is 377. The molecule has 0 amide bonds. The Morgan fingerprint density at radius 3 is 3.00 bits per heavy atom. The van der Waals surface area contributed by atoms with Crippen LogP contribution in [0.15, 0.2) is 5.38 Å². The number of aromatic nitrogens is 2. The molecule has 1 aromatic heterocycles. The molecule has 1 N–H and O–H groups in total. The molecule has 2 heterocycles. The summed E-state index contributed by atoms with van der Waals surface area (Å²) in [6, 6.07) is 1.47. The number of nitrogens with one attached hydrogen (secondary N) is 1. The third-order valence-electron chi connectivity index (χ3n) is 4.80. The molecule has 4 nitrogen and oxygen atoms in total. The molecule has 1 aromatic rings. The van der Waals surface area contributed by atoms with Crippen LogP contribution in [0.25, 0.3) is 0 Å². The summed E-state index contributed by atoms with van der Waals surface area (Å²) in [5.74, 6) is 0.793. The molecule has 0 bridgehead atoms. The zero-order valence-corrected chi connectivity index (χ0v) is 12.5. The molecule has 1 aliphatic heterocycles. The largest absolute Gasteiger partial charge is 0.308 e. The molecular formula is C14H24N4S. The maximum Gasteiger partial charge on any atom is 0.0893 e. The molecule has 2 atom stereocenters. The van der Waals surface area contributed by atoms with E-state index in [0.29, 0.717) is 6.04 Å². The third kappa shape index (κ3) is 3.33. The second-order valence-electron chi connectivity index (χ2n) is 6.05. The number of hydrogen-bond donors (Lipinski definition) is 1. The van der Waals surface area contributed by atoms with Crippen LogP contribution in [0.5, 0.6) is 0 Å². The van der Waals surface area contributed by atoms with Gasteiger partial charge in [-0.2, -0.15) is 0 Å². The van der Waals surface area contributed by atoms with Crippen molar-refractivity contribution in [3.05, 3.63) is 11.1 Å².